The van der Waals surface area contributed by atoms with Gasteiger partial charge < -0.3 is 20.1 Å². The highest BCUT2D eigenvalue weighted by Crippen LogP contribution is 2.30. The number of rotatable bonds is 8. The van der Waals surface area contributed by atoms with Gasteiger partial charge in [0, 0.05) is 37.3 Å². The summed E-state index contributed by atoms with van der Waals surface area (Å²) in [6.07, 6.45) is 2.37. The van der Waals surface area contributed by atoms with Crippen LogP contribution in [0.25, 0.3) is 0 Å². The van der Waals surface area contributed by atoms with E-state index in [4.69, 9.17) is 9.47 Å². The summed E-state index contributed by atoms with van der Waals surface area (Å²) in [5.41, 5.74) is 2.12. The first-order chi connectivity index (χ1) is 14.6. The van der Waals surface area contributed by atoms with Gasteiger partial charge in [0.15, 0.2) is 17.5 Å². The van der Waals surface area contributed by atoms with E-state index in [-0.39, 0.29) is 0 Å². The van der Waals surface area contributed by atoms with Gasteiger partial charge in [-0.3, -0.25) is 9.89 Å². The molecule has 0 atom stereocenters. The van der Waals surface area contributed by atoms with Gasteiger partial charge in [-0.15, -0.1) is 11.3 Å². The molecule has 2 heterocycles. The number of thiazole rings is 1. The Morgan fingerprint density at radius 1 is 1.30 bits per heavy atom. The van der Waals surface area contributed by atoms with Gasteiger partial charge >= 0.3 is 0 Å². The first-order valence-corrected chi connectivity index (χ1v) is 11.4. The highest BCUT2D eigenvalue weighted by molar-refractivity contribution is 7.09. The van der Waals surface area contributed by atoms with Crippen LogP contribution in [0.3, 0.4) is 0 Å². The molecule has 1 aromatic carbocycles. The maximum Gasteiger partial charge on any atom is 0.195 e. The van der Waals surface area contributed by atoms with E-state index in [1.165, 1.54) is 18.5 Å². The molecule has 3 rings (SSSR count). The lowest BCUT2D eigenvalue weighted by Crippen LogP contribution is -2.40. The number of aromatic nitrogens is 1. The molecule has 1 aliphatic rings. The van der Waals surface area contributed by atoms with Crippen molar-refractivity contribution in [1.29, 1.82) is 0 Å². The molecule has 7 nitrogen and oxygen atoms in total. The zero-order valence-electron chi connectivity index (χ0n) is 18.4. The van der Waals surface area contributed by atoms with Crippen LogP contribution >= 0.6 is 11.3 Å². The number of methoxy groups -OCH3 is 1. The van der Waals surface area contributed by atoms with Gasteiger partial charge in [0.05, 0.1) is 24.4 Å². The van der Waals surface area contributed by atoms with Gasteiger partial charge in [-0.1, -0.05) is 0 Å². The summed E-state index contributed by atoms with van der Waals surface area (Å²) < 4.78 is 11.0. The van der Waals surface area contributed by atoms with E-state index >= 15 is 0 Å². The van der Waals surface area contributed by atoms with Crippen LogP contribution in [0.4, 0.5) is 5.69 Å². The summed E-state index contributed by atoms with van der Waals surface area (Å²) in [7, 11) is 3.44. The van der Waals surface area contributed by atoms with Crippen LogP contribution < -0.4 is 20.1 Å². The van der Waals surface area contributed by atoms with Crippen molar-refractivity contribution in [2.24, 2.45) is 10.9 Å². The molecule has 2 aromatic rings. The average Bonchev–Trinajstić information content (AvgIpc) is 3.17. The second-order valence-electron chi connectivity index (χ2n) is 7.45. The minimum atomic E-state index is 0.591. The average molecular weight is 432 g/mol. The van der Waals surface area contributed by atoms with Crippen molar-refractivity contribution in [2.75, 3.05) is 45.7 Å². The van der Waals surface area contributed by atoms with Gasteiger partial charge in [0.2, 0.25) is 0 Å². The molecule has 164 valence electrons. The van der Waals surface area contributed by atoms with Crippen molar-refractivity contribution in [2.45, 2.75) is 33.2 Å². The van der Waals surface area contributed by atoms with Crippen LogP contribution in [0.5, 0.6) is 11.5 Å². The molecule has 1 saturated heterocycles. The third-order valence-corrected chi connectivity index (χ3v) is 6.09. The maximum atomic E-state index is 5.66. The van der Waals surface area contributed by atoms with Gasteiger partial charge in [-0.2, -0.15) is 0 Å². The Morgan fingerprint density at radius 3 is 2.73 bits per heavy atom. The van der Waals surface area contributed by atoms with Gasteiger partial charge in [0.25, 0.3) is 0 Å². The van der Waals surface area contributed by atoms with Crippen molar-refractivity contribution >= 4 is 23.0 Å². The first kappa shape index (κ1) is 22.4. The molecular formula is C22H33N5O2S. The summed E-state index contributed by atoms with van der Waals surface area (Å²) in [6.45, 7) is 8.73. The zero-order chi connectivity index (χ0) is 21.3. The van der Waals surface area contributed by atoms with E-state index in [1.807, 2.05) is 25.1 Å². The minimum absolute atomic E-state index is 0.591. The Bertz CT molecular complexity index is 831. The molecule has 0 radical (unpaired) electrons. The predicted octanol–water partition coefficient (Wildman–Crippen LogP) is 3.76. The Balaban J connectivity index is 1.45. The lowest BCUT2D eigenvalue weighted by molar-refractivity contribution is 0.176. The molecule has 8 heteroatoms. The molecule has 0 spiro atoms. The van der Waals surface area contributed by atoms with E-state index < -0.39 is 0 Å². The molecule has 0 amide bonds. The monoisotopic (exact) mass is 431 g/mol. The Labute approximate surface area is 183 Å². The van der Waals surface area contributed by atoms with Gasteiger partial charge in [0.1, 0.15) is 0 Å². The van der Waals surface area contributed by atoms with E-state index in [2.05, 4.69) is 37.8 Å². The lowest BCUT2D eigenvalue weighted by Gasteiger charge is -2.31. The molecule has 1 aromatic heterocycles. The van der Waals surface area contributed by atoms with Gasteiger partial charge in [-0.05, 0) is 57.8 Å². The number of likely N-dealkylation sites (tertiary alicyclic amines) is 1. The number of piperidine rings is 1. The molecular weight excluding hydrogens is 398 g/mol. The number of ether oxygens (including phenoxy) is 2. The zero-order valence-corrected chi connectivity index (χ0v) is 19.2. The molecule has 0 unspecified atom stereocenters. The third kappa shape index (κ3) is 6.34. The fourth-order valence-corrected chi connectivity index (χ4v) is 4.24. The smallest absolute Gasteiger partial charge is 0.195 e. The number of hydrogen-bond donors (Lipinski definition) is 2. The minimum Gasteiger partial charge on any atom is -0.493 e. The SMILES string of the molecule is CCOc1cc(NC(=NC)NCC2CCN(Cc3csc(C)n3)CC2)ccc1OC. The first-order valence-electron chi connectivity index (χ1n) is 10.5. The summed E-state index contributed by atoms with van der Waals surface area (Å²) in [6, 6.07) is 5.81. The number of nitrogens with one attached hydrogen (secondary N) is 2. The highest BCUT2D eigenvalue weighted by atomic mass is 32.1. The molecule has 0 bridgehead atoms. The van der Waals surface area contributed by atoms with Crippen molar-refractivity contribution in [1.82, 2.24) is 15.2 Å². The van der Waals surface area contributed by atoms with Crippen LogP contribution in [0, 0.1) is 12.8 Å². The van der Waals surface area contributed by atoms with Crippen LogP contribution in [-0.4, -0.2) is 56.2 Å². The van der Waals surface area contributed by atoms with Crippen molar-refractivity contribution in [3.05, 3.63) is 34.3 Å². The van der Waals surface area contributed by atoms with Crippen molar-refractivity contribution < 1.29 is 9.47 Å². The van der Waals surface area contributed by atoms with Gasteiger partial charge in [-0.25, -0.2) is 4.98 Å². The number of benzene rings is 1. The molecule has 2 N–H and O–H groups in total. The molecule has 1 fully saturated rings. The Hall–Kier alpha value is -2.32. The summed E-state index contributed by atoms with van der Waals surface area (Å²) >= 11 is 1.73. The maximum absolute atomic E-state index is 5.66. The third-order valence-electron chi connectivity index (χ3n) is 5.27. The molecule has 0 aliphatic carbocycles. The second-order valence-corrected chi connectivity index (χ2v) is 8.52. The number of anilines is 1. The number of aliphatic imine (C=N–C) groups is 1. The van der Waals surface area contributed by atoms with Crippen LogP contribution in [-0.2, 0) is 6.54 Å². The summed E-state index contributed by atoms with van der Waals surface area (Å²) in [5, 5.41) is 10.1. The Kier molecular flexibility index (Phi) is 8.33. The van der Waals surface area contributed by atoms with E-state index in [9.17, 15) is 0 Å². The number of nitrogens with zero attached hydrogens (tertiary/aromatic N) is 3. The van der Waals surface area contributed by atoms with Crippen LogP contribution in [0.2, 0.25) is 0 Å². The van der Waals surface area contributed by atoms with Crippen molar-refractivity contribution in [3.63, 3.8) is 0 Å². The quantitative estimate of drug-likeness (QED) is 0.490. The molecule has 0 saturated carbocycles. The number of hydrogen-bond acceptors (Lipinski definition) is 6. The van der Waals surface area contributed by atoms with Crippen LogP contribution in [0.1, 0.15) is 30.5 Å². The highest BCUT2D eigenvalue weighted by Gasteiger charge is 2.20. The fraction of sp³-hybridized carbons (Fsp3) is 0.545. The fourth-order valence-electron chi connectivity index (χ4n) is 3.64. The molecule has 30 heavy (non-hydrogen) atoms. The standard InChI is InChI=1S/C22H33N5O2S/c1-5-29-21-12-18(6-7-20(21)28-4)26-22(23-3)24-13-17-8-10-27(11-9-17)14-19-15-30-16(2)25-19/h6-7,12,15,17H,5,8-11,13-14H2,1-4H3,(H2,23,24,26). The second kappa shape index (κ2) is 11.2. The Morgan fingerprint density at radius 2 is 2.10 bits per heavy atom. The van der Waals surface area contributed by atoms with E-state index in [0.29, 0.717) is 12.5 Å². The van der Waals surface area contributed by atoms with Crippen LogP contribution in [0.15, 0.2) is 28.6 Å². The summed E-state index contributed by atoms with van der Waals surface area (Å²) in [4.78, 5) is 11.5. The topological polar surface area (TPSA) is 71.0 Å². The molecule has 1 aliphatic heterocycles. The predicted molar refractivity (Wildman–Crippen MR) is 124 cm³/mol. The van der Waals surface area contributed by atoms with E-state index in [1.54, 1.807) is 25.5 Å². The van der Waals surface area contributed by atoms with E-state index in [0.717, 1.165) is 54.3 Å². The summed E-state index contributed by atoms with van der Waals surface area (Å²) in [5.74, 6) is 2.86. The number of aryl methyl sites for hydroxylation is 1. The lowest BCUT2D eigenvalue weighted by atomic mass is 9.97. The van der Waals surface area contributed by atoms with Crippen molar-refractivity contribution in [3.8, 4) is 11.5 Å². The number of guanidine groups is 1. The largest absolute Gasteiger partial charge is 0.493 e. The normalized spacial score (nSPS) is 15.8.